The molecule has 19 atom stereocenters. The lowest BCUT2D eigenvalue weighted by molar-refractivity contribution is -0.371. The molecule has 0 unspecified atom stereocenters. The SMILES string of the molecule is CCOC(=O)[C@H]1O[C@@H](O[C@H]2[C@@H](O[C@H]3CC[C@]4(C)[C@H]5C(=O)C=C6[C@@H]7C[C@@](C)(C(=O)O)CC[C@]7(C)CC[C@@]6(C)[C@]5(C)CC[C@H]4C3(C)C)O[C@H](C(=O)OCC)[C@@H](O)[C@@H]2O)[C@H](O)[C@@H](O)[C@@H]1O. The molecule has 0 bridgehead atoms. The first-order valence-electron chi connectivity index (χ1n) is 22.7. The molecule has 6 N–H and O–H groups in total. The summed E-state index contributed by atoms with van der Waals surface area (Å²) in [7, 11) is 0. The number of aliphatic hydroxyl groups is 5. The van der Waals surface area contributed by atoms with E-state index in [0.717, 1.165) is 37.7 Å². The minimum absolute atomic E-state index is 0.00797. The largest absolute Gasteiger partial charge is 0.481 e. The van der Waals surface area contributed by atoms with Crippen molar-refractivity contribution < 1.29 is 78.2 Å². The summed E-state index contributed by atoms with van der Waals surface area (Å²) in [6.07, 6.45) is -10.5. The van der Waals surface area contributed by atoms with E-state index in [1.54, 1.807) is 6.92 Å². The van der Waals surface area contributed by atoms with E-state index in [2.05, 4.69) is 41.5 Å². The number of carbonyl (C=O) groups is 4. The molecule has 0 amide bonds. The van der Waals surface area contributed by atoms with Crippen molar-refractivity contribution in [2.45, 2.75) is 188 Å². The summed E-state index contributed by atoms with van der Waals surface area (Å²) < 4.78 is 34.6. The number of aliphatic hydroxyl groups excluding tert-OH is 5. The Labute approximate surface area is 364 Å². The Kier molecular flexibility index (Phi) is 12.6. The van der Waals surface area contributed by atoms with Gasteiger partial charge in [0.25, 0.3) is 0 Å². The monoisotopic (exact) mass is 878 g/mol. The van der Waals surface area contributed by atoms with Crippen LogP contribution >= 0.6 is 0 Å². The molecule has 7 aliphatic rings. The van der Waals surface area contributed by atoms with E-state index in [-0.39, 0.29) is 47.6 Å². The Morgan fingerprint density at radius 1 is 0.710 bits per heavy atom. The Hall–Kier alpha value is -2.54. The molecule has 0 radical (unpaired) electrons. The van der Waals surface area contributed by atoms with Crippen LogP contribution in [0.25, 0.3) is 0 Å². The van der Waals surface area contributed by atoms with Gasteiger partial charge in [-0.1, -0.05) is 47.1 Å². The first kappa shape index (κ1) is 47.4. The Bertz CT molecular complexity index is 1800. The van der Waals surface area contributed by atoms with Crippen molar-refractivity contribution in [2.24, 2.45) is 50.2 Å². The Balaban J connectivity index is 1.18. The lowest BCUT2D eigenvalue weighted by Gasteiger charge is -2.70. The predicted molar refractivity (Wildman–Crippen MR) is 217 cm³/mol. The minimum atomic E-state index is -1.94. The fourth-order valence-electron chi connectivity index (χ4n) is 13.8. The number of ether oxygens (including phenoxy) is 6. The van der Waals surface area contributed by atoms with Crippen molar-refractivity contribution in [3.05, 3.63) is 11.6 Å². The number of hydrogen-bond acceptors (Lipinski definition) is 15. The van der Waals surface area contributed by atoms with Crippen molar-refractivity contribution in [1.29, 1.82) is 0 Å². The second kappa shape index (κ2) is 16.4. The average Bonchev–Trinajstić information content (AvgIpc) is 3.19. The van der Waals surface area contributed by atoms with Crippen molar-refractivity contribution in [3.63, 3.8) is 0 Å². The normalized spacial score (nSPS) is 49.8. The number of allylic oxidation sites excluding steroid dienone is 2. The molecule has 7 rings (SSSR count). The van der Waals surface area contributed by atoms with Gasteiger partial charge in [0.05, 0.1) is 24.7 Å². The molecule has 4 saturated carbocycles. The number of esters is 2. The van der Waals surface area contributed by atoms with E-state index in [4.69, 9.17) is 28.4 Å². The van der Waals surface area contributed by atoms with Crippen LogP contribution in [0, 0.1) is 50.2 Å². The fraction of sp³-hybridized carbons (Fsp3) is 0.870. The molecular formula is C46H70O16. The van der Waals surface area contributed by atoms with Crippen LogP contribution in [0.4, 0.5) is 0 Å². The number of carbonyl (C=O) groups excluding carboxylic acids is 3. The highest BCUT2D eigenvalue weighted by atomic mass is 16.8. The number of carboxylic acid groups (broad SMARTS) is 1. The highest BCUT2D eigenvalue weighted by Gasteiger charge is 2.71. The van der Waals surface area contributed by atoms with E-state index in [1.165, 1.54) is 6.92 Å². The van der Waals surface area contributed by atoms with Gasteiger partial charge in [0.15, 0.2) is 30.6 Å². The topological polar surface area (TPSA) is 245 Å². The zero-order chi connectivity index (χ0) is 45.7. The highest BCUT2D eigenvalue weighted by molar-refractivity contribution is 5.95. The summed E-state index contributed by atoms with van der Waals surface area (Å²) in [6.45, 7) is 18.1. The van der Waals surface area contributed by atoms with Gasteiger partial charge < -0.3 is 59.1 Å². The van der Waals surface area contributed by atoms with Crippen LogP contribution in [0.2, 0.25) is 0 Å². The maximum Gasteiger partial charge on any atom is 0.338 e. The van der Waals surface area contributed by atoms with E-state index in [1.807, 2.05) is 13.0 Å². The standard InChI is InChI=1S/C46H70O16/c1-10-57-36(53)32-28(49)27(48)31(52)38(60-32)62-34-30(51)29(50)33(37(54)58-11-2)61-39(34)59-26-13-14-44(7)25(41(26,3)4)12-15-46(9)35(44)24(47)20-22-23-21-43(6,40(55)56)17-16-42(23,5)18-19-45(22,46)8/h20,23,25-35,38-39,48-52H,10-19,21H2,1-9H3,(H,55,56)/t23-,25-,26-,27-,28-,29-,30-,31+,32-,33-,34+,35+,38-,39-,42+,43-,44-,45+,46+/m0/s1. The van der Waals surface area contributed by atoms with Gasteiger partial charge in [-0.2, -0.15) is 0 Å². The molecule has 5 aliphatic carbocycles. The zero-order valence-electron chi connectivity index (χ0n) is 37.7. The van der Waals surface area contributed by atoms with Crippen LogP contribution in [0.15, 0.2) is 11.6 Å². The number of hydrogen-bond donors (Lipinski definition) is 6. The summed E-state index contributed by atoms with van der Waals surface area (Å²) in [6, 6.07) is 0. The molecule has 0 aromatic heterocycles. The van der Waals surface area contributed by atoms with Gasteiger partial charge in [-0.15, -0.1) is 0 Å². The predicted octanol–water partition coefficient (Wildman–Crippen LogP) is 3.20. The van der Waals surface area contributed by atoms with Crippen LogP contribution in [-0.4, -0.2) is 135 Å². The smallest absolute Gasteiger partial charge is 0.338 e. The summed E-state index contributed by atoms with van der Waals surface area (Å²) in [4.78, 5) is 53.3. The molecule has 2 aliphatic heterocycles. The summed E-state index contributed by atoms with van der Waals surface area (Å²) >= 11 is 0. The minimum Gasteiger partial charge on any atom is -0.481 e. The molecule has 0 spiro atoms. The summed E-state index contributed by atoms with van der Waals surface area (Å²) in [5, 5.41) is 65.3. The van der Waals surface area contributed by atoms with Gasteiger partial charge in [-0.05, 0) is 124 Å². The number of aliphatic carboxylic acids is 1. The molecule has 16 nitrogen and oxygen atoms in total. The third-order valence-corrected chi connectivity index (χ3v) is 17.8. The molecule has 2 saturated heterocycles. The Morgan fingerprint density at radius 2 is 1.29 bits per heavy atom. The summed E-state index contributed by atoms with van der Waals surface area (Å²) in [5.74, 6) is -3.07. The Morgan fingerprint density at radius 3 is 1.89 bits per heavy atom. The molecule has 16 heteroatoms. The van der Waals surface area contributed by atoms with Gasteiger partial charge in [0, 0.05) is 5.92 Å². The quantitative estimate of drug-likeness (QED) is 0.144. The summed E-state index contributed by atoms with van der Waals surface area (Å²) in [5.41, 5.74) is -1.66. The van der Waals surface area contributed by atoms with Gasteiger partial charge in [-0.3, -0.25) is 9.59 Å². The first-order chi connectivity index (χ1) is 28.8. The molecule has 6 fully saturated rings. The number of ketones is 1. The molecule has 350 valence electrons. The third-order valence-electron chi connectivity index (χ3n) is 17.8. The number of fused-ring (bicyclic) bond motifs is 7. The molecular weight excluding hydrogens is 808 g/mol. The van der Waals surface area contributed by atoms with E-state index in [9.17, 15) is 49.8 Å². The molecule has 0 aromatic carbocycles. The van der Waals surface area contributed by atoms with Crippen LogP contribution in [0.5, 0.6) is 0 Å². The van der Waals surface area contributed by atoms with Crippen LogP contribution in [0.3, 0.4) is 0 Å². The number of rotatable bonds is 9. The second-order valence-corrected chi connectivity index (χ2v) is 21.5. The number of carboxylic acids is 1. The van der Waals surface area contributed by atoms with Crippen molar-refractivity contribution in [1.82, 2.24) is 0 Å². The van der Waals surface area contributed by atoms with Crippen molar-refractivity contribution >= 4 is 23.7 Å². The van der Waals surface area contributed by atoms with Crippen molar-refractivity contribution in [2.75, 3.05) is 13.2 Å². The van der Waals surface area contributed by atoms with E-state index < -0.39 is 107 Å². The van der Waals surface area contributed by atoms with Crippen LogP contribution in [-0.2, 0) is 47.6 Å². The van der Waals surface area contributed by atoms with E-state index >= 15 is 0 Å². The maximum atomic E-state index is 14.9. The average molecular weight is 879 g/mol. The lowest BCUT2D eigenvalue weighted by Crippen LogP contribution is -2.68. The molecule has 62 heavy (non-hydrogen) atoms. The van der Waals surface area contributed by atoms with Crippen molar-refractivity contribution in [3.8, 4) is 0 Å². The van der Waals surface area contributed by atoms with Gasteiger partial charge in [-0.25, -0.2) is 9.59 Å². The molecule has 2 heterocycles. The highest BCUT2D eigenvalue weighted by Crippen LogP contribution is 2.75. The van der Waals surface area contributed by atoms with Gasteiger partial charge in [0.2, 0.25) is 0 Å². The van der Waals surface area contributed by atoms with E-state index in [0.29, 0.717) is 25.7 Å². The van der Waals surface area contributed by atoms with Crippen LogP contribution in [0.1, 0.15) is 120 Å². The fourth-order valence-corrected chi connectivity index (χ4v) is 13.8. The first-order valence-corrected chi connectivity index (χ1v) is 22.7. The van der Waals surface area contributed by atoms with Crippen LogP contribution < -0.4 is 0 Å². The molecule has 0 aromatic rings. The van der Waals surface area contributed by atoms with Gasteiger partial charge >= 0.3 is 17.9 Å². The lowest BCUT2D eigenvalue weighted by atomic mass is 9.33. The maximum absolute atomic E-state index is 14.9. The van der Waals surface area contributed by atoms with Gasteiger partial charge in [0.1, 0.15) is 36.6 Å². The third kappa shape index (κ3) is 7.20. The second-order valence-electron chi connectivity index (χ2n) is 21.5. The zero-order valence-corrected chi connectivity index (χ0v) is 37.7.